The molecule has 26 heavy (non-hydrogen) atoms. The van der Waals surface area contributed by atoms with Gasteiger partial charge in [-0.2, -0.15) is 0 Å². The molecule has 1 saturated carbocycles. The minimum atomic E-state index is 0.381. The summed E-state index contributed by atoms with van der Waals surface area (Å²) in [4.78, 5) is 0. The van der Waals surface area contributed by atoms with Gasteiger partial charge < -0.3 is 4.74 Å². The zero-order chi connectivity index (χ0) is 18.6. The van der Waals surface area contributed by atoms with Crippen molar-refractivity contribution in [3.05, 3.63) is 29.8 Å². The van der Waals surface area contributed by atoms with E-state index in [2.05, 4.69) is 45.0 Å². The van der Waals surface area contributed by atoms with Crippen molar-refractivity contribution in [2.75, 3.05) is 0 Å². The molecule has 1 aliphatic carbocycles. The Bertz CT molecular complexity index is 456. The van der Waals surface area contributed by atoms with E-state index in [9.17, 15) is 0 Å². The molecule has 1 aromatic carbocycles. The number of benzene rings is 1. The summed E-state index contributed by atoms with van der Waals surface area (Å²) in [5, 5.41) is 0. The molecule has 0 saturated heterocycles. The molecule has 1 atom stereocenters. The summed E-state index contributed by atoms with van der Waals surface area (Å²) in [6.07, 6.45) is 17.9. The third-order valence-electron chi connectivity index (χ3n) is 6.30. The topological polar surface area (TPSA) is 9.23 Å². The van der Waals surface area contributed by atoms with Gasteiger partial charge in [0.15, 0.2) is 0 Å². The summed E-state index contributed by atoms with van der Waals surface area (Å²) in [6, 6.07) is 9.09. The summed E-state index contributed by atoms with van der Waals surface area (Å²) in [5.74, 6) is 2.83. The molecule has 0 aliphatic heterocycles. The van der Waals surface area contributed by atoms with E-state index in [1.54, 1.807) is 0 Å². The van der Waals surface area contributed by atoms with E-state index in [0.29, 0.717) is 6.10 Å². The van der Waals surface area contributed by atoms with Gasteiger partial charge in [-0.15, -0.1) is 0 Å². The molecule has 0 unspecified atom stereocenters. The van der Waals surface area contributed by atoms with Crippen molar-refractivity contribution < 1.29 is 4.74 Å². The van der Waals surface area contributed by atoms with Crippen LogP contribution in [0.15, 0.2) is 24.3 Å². The van der Waals surface area contributed by atoms with E-state index in [4.69, 9.17) is 4.74 Å². The van der Waals surface area contributed by atoms with Gasteiger partial charge in [0, 0.05) is 0 Å². The molecule has 148 valence electrons. The predicted octanol–water partition coefficient (Wildman–Crippen LogP) is 8.28. The van der Waals surface area contributed by atoms with E-state index in [0.717, 1.165) is 24.0 Å². The lowest BCUT2D eigenvalue weighted by molar-refractivity contribution is 0.182. The Morgan fingerprint density at radius 2 is 1.50 bits per heavy atom. The Morgan fingerprint density at radius 1 is 0.846 bits per heavy atom. The zero-order valence-corrected chi connectivity index (χ0v) is 17.6. The maximum Gasteiger partial charge on any atom is 0.119 e. The first kappa shape index (κ1) is 21.3. The molecule has 1 nitrogen and oxygen atoms in total. The number of ether oxygens (including phenoxy) is 1. The van der Waals surface area contributed by atoms with Crippen LogP contribution in [-0.4, -0.2) is 6.10 Å². The quantitative estimate of drug-likeness (QED) is 0.341. The van der Waals surface area contributed by atoms with Crippen LogP contribution in [0.3, 0.4) is 0 Å². The standard InChI is InChI=1S/C25H42O/c1-4-7-9-11-21-13-15-22(16-14-21)23-17-19-25(20-18-23)26-24(6-3)12-10-8-5-2/h17-22,24H,4-16H2,1-3H3/t21?,22?,24-/m0/s1. The second-order valence-electron chi connectivity index (χ2n) is 8.43. The van der Waals surface area contributed by atoms with Crippen LogP contribution in [0.1, 0.15) is 116 Å². The van der Waals surface area contributed by atoms with E-state index in [1.807, 2.05) is 0 Å². The van der Waals surface area contributed by atoms with E-state index in [1.165, 1.54) is 82.6 Å². The Balaban J connectivity index is 1.76. The van der Waals surface area contributed by atoms with Gasteiger partial charge in [-0.05, 0) is 74.5 Å². The minimum absolute atomic E-state index is 0.381. The van der Waals surface area contributed by atoms with Crippen molar-refractivity contribution in [1.82, 2.24) is 0 Å². The lowest BCUT2D eigenvalue weighted by Gasteiger charge is -2.29. The van der Waals surface area contributed by atoms with Crippen LogP contribution in [0.4, 0.5) is 0 Å². The molecular formula is C25H42O. The molecule has 1 aromatic rings. The molecule has 0 bridgehead atoms. The normalized spacial score (nSPS) is 21.5. The first-order chi connectivity index (χ1) is 12.8. The maximum atomic E-state index is 6.22. The van der Waals surface area contributed by atoms with Crippen LogP contribution in [0, 0.1) is 5.92 Å². The molecular weight excluding hydrogens is 316 g/mol. The van der Waals surface area contributed by atoms with E-state index < -0.39 is 0 Å². The minimum Gasteiger partial charge on any atom is -0.490 e. The molecule has 0 N–H and O–H groups in total. The zero-order valence-electron chi connectivity index (χ0n) is 17.6. The Kier molecular flexibility index (Phi) is 10.2. The highest BCUT2D eigenvalue weighted by Crippen LogP contribution is 2.38. The van der Waals surface area contributed by atoms with Gasteiger partial charge in [-0.3, -0.25) is 0 Å². The molecule has 0 amide bonds. The van der Waals surface area contributed by atoms with Crippen molar-refractivity contribution in [3.63, 3.8) is 0 Å². The fraction of sp³-hybridized carbons (Fsp3) is 0.760. The molecule has 0 radical (unpaired) electrons. The van der Waals surface area contributed by atoms with Gasteiger partial charge in [0.25, 0.3) is 0 Å². The molecule has 0 heterocycles. The van der Waals surface area contributed by atoms with Crippen molar-refractivity contribution in [3.8, 4) is 5.75 Å². The largest absolute Gasteiger partial charge is 0.490 e. The summed E-state index contributed by atoms with van der Waals surface area (Å²) in [6.45, 7) is 6.81. The molecule has 2 rings (SSSR count). The Morgan fingerprint density at radius 3 is 2.12 bits per heavy atom. The number of unbranched alkanes of at least 4 members (excludes halogenated alkanes) is 4. The van der Waals surface area contributed by atoms with Gasteiger partial charge in [-0.1, -0.05) is 71.4 Å². The van der Waals surface area contributed by atoms with Gasteiger partial charge in [-0.25, -0.2) is 0 Å². The average molecular weight is 359 g/mol. The molecule has 1 aliphatic rings. The first-order valence-electron chi connectivity index (χ1n) is 11.5. The van der Waals surface area contributed by atoms with Crippen LogP contribution in [0.5, 0.6) is 5.75 Å². The molecule has 0 spiro atoms. The van der Waals surface area contributed by atoms with E-state index in [-0.39, 0.29) is 0 Å². The van der Waals surface area contributed by atoms with Gasteiger partial charge >= 0.3 is 0 Å². The molecule has 1 fully saturated rings. The molecule has 1 heteroatoms. The fourth-order valence-corrected chi connectivity index (χ4v) is 4.45. The van der Waals surface area contributed by atoms with Crippen LogP contribution < -0.4 is 4.74 Å². The SMILES string of the molecule is CCCCCC1CCC(c2ccc(O[C@@H](CC)CCCCC)cc2)CC1. The first-order valence-corrected chi connectivity index (χ1v) is 11.5. The van der Waals surface area contributed by atoms with Crippen LogP contribution in [-0.2, 0) is 0 Å². The predicted molar refractivity (Wildman–Crippen MR) is 114 cm³/mol. The van der Waals surface area contributed by atoms with Crippen LogP contribution in [0.25, 0.3) is 0 Å². The smallest absolute Gasteiger partial charge is 0.119 e. The van der Waals surface area contributed by atoms with Gasteiger partial charge in [0.2, 0.25) is 0 Å². The number of hydrogen-bond donors (Lipinski definition) is 0. The third-order valence-corrected chi connectivity index (χ3v) is 6.30. The Labute approximate surface area is 162 Å². The average Bonchev–Trinajstić information content (AvgIpc) is 2.69. The maximum absolute atomic E-state index is 6.22. The summed E-state index contributed by atoms with van der Waals surface area (Å²) in [5.41, 5.74) is 1.53. The number of rotatable bonds is 12. The van der Waals surface area contributed by atoms with Gasteiger partial charge in [0.1, 0.15) is 5.75 Å². The highest BCUT2D eigenvalue weighted by atomic mass is 16.5. The van der Waals surface area contributed by atoms with E-state index >= 15 is 0 Å². The van der Waals surface area contributed by atoms with Gasteiger partial charge in [0.05, 0.1) is 6.10 Å². The van der Waals surface area contributed by atoms with Crippen molar-refractivity contribution >= 4 is 0 Å². The summed E-state index contributed by atoms with van der Waals surface area (Å²) < 4.78 is 6.22. The highest BCUT2D eigenvalue weighted by molar-refractivity contribution is 5.30. The van der Waals surface area contributed by atoms with Crippen molar-refractivity contribution in [1.29, 1.82) is 0 Å². The van der Waals surface area contributed by atoms with Crippen LogP contribution >= 0.6 is 0 Å². The van der Waals surface area contributed by atoms with Crippen molar-refractivity contribution in [2.45, 2.75) is 116 Å². The second kappa shape index (κ2) is 12.4. The highest BCUT2D eigenvalue weighted by Gasteiger charge is 2.22. The lowest BCUT2D eigenvalue weighted by atomic mass is 9.77. The fourth-order valence-electron chi connectivity index (χ4n) is 4.45. The number of hydrogen-bond acceptors (Lipinski definition) is 1. The Hall–Kier alpha value is -0.980. The van der Waals surface area contributed by atoms with Crippen molar-refractivity contribution in [2.24, 2.45) is 5.92 Å². The van der Waals surface area contributed by atoms with Crippen LogP contribution in [0.2, 0.25) is 0 Å². The third kappa shape index (κ3) is 7.33. The summed E-state index contributed by atoms with van der Waals surface area (Å²) in [7, 11) is 0. The molecule has 0 aromatic heterocycles. The second-order valence-corrected chi connectivity index (χ2v) is 8.43. The lowest BCUT2D eigenvalue weighted by Crippen LogP contribution is -2.15. The monoisotopic (exact) mass is 358 g/mol. The summed E-state index contributed by atoms with van der Waals surface area (Å²) >= 11 is 0.